The minimum Gasteiger partial charge on any atom is -0.354 e. The predicted octanol–water partition coefficient (Wildman–Crippen LogP) is 1.33. The van der Waals surface area contributed by atoms with Crippen LogP contribution in [0.15, 0.2) is 10.9 Å². The Balaban J connectivity index is 1.76. The van der Waals surface area contributed by atoms with Crippen LogP contribution < -0.4 is 10.6 Å². The number of nitrogens with one attached hydrogen (secondary N) is 2. The molecule has 2 rings (SSSR count). The smallest absolute Gasteiger partial charge is 0.240 e. The molecule has 0 saturated carbocycles. The topological polar surface area (TPSA) is 54.0 Å². The van der Waals surface area contributed by atoms with Crippen LogP contribution in [0.2, 0.25) is 0 Å². The van der Waals surface area contributed by atoms with Gasteiger partial charge in [0.15, 0.2) is 0 Å². The van der Waals surface area contributed by atoms with E-state index >= 15 is 0 Å². The van der Waals surface area contributed by atoms with Crippen molar-refractivity contribution < 1.29 is 4.79 Å². The summed E-state index contributed by atoms with van der Waals surface area (Å²) in [6, 6.07) is 0. The molecule has 4 nitrogen and oxygen atoms in total. The lowest BCUT2D eigenvalue weighted by Gasteiger charge is -2.33. The summed E-state index contributed by atoms with van der Waals surface area (Å²) < 4.78 is 0. The summed E-state index contributed by atoms with van der Waals surface area (Å²) >= 11 is 1.59. The average Bonchev–Trinajstić information content (AvgIpc) is 2.83. The summed E-state index contributed by atoms with van der Waals surface area (Å²) in [6.45, 7) is 3.60. The molecule has 1 fully saturated rings. The third kappa shape index (κ3) is 3.26. The van der Waals surface area contributed by atoms with Crippen LogP contribution in [0.3, 0.4) is 0 Å². The molecule has 0 spiro atoms. The van der Waals surface area contributed by atoms with Gasteiger partial charge in [-0.15, -0.1) is 11.3 Å². The van der Waals surface area contributed by atoms with Gasteiger partial charge in [0.2, 0.25) is 5.91 Å². The van der Waals surface area contributed by atoms with Gasteiger partial charge in [-0.3, -0.25) is 4.79 Å². The van der Waals surface area contributed by atoms with Crippen LogP contribution in [0, 0.1) is 0 Å². The first-order valence-electron chi connectivity index (χ1n) is 6.11. The molecular weight excluding hydrogens is 234 g/mol. The maximum atomic E-state index is 12.1. The summed E-state index contributed by atoms with van der Waals surface area (Å²) in [6.07, 6.45) is 4.03. The van der Waals surface area contributed by atoms with Crippen LogP contribution in [0.25, 0.3) is 0 Å². The summed E-state index contributed by atoms with van der Waals surface area (Å²) in [5.74, 6) is 0.118. The molecule has 1 aliphatic rings. The predicted molar refractivity (Wildman–Crippen MR) is 69.1 cm³/mol. The lowest BCUT2D eigenvalue weighted by Crippen LogP contribution is -2.57. The van der Waals surface area contributed by atoms with E-state index in [1.165, 1.54) is 6.42 Å². The Morgan fingerprint density at radius 3 is 3.18 bits per heavy atom. The minimum absolute atomic E-state index is 0.118. The standard InChI is InChI=1S/C12H19N3OS/c1-12(5-2-3-6-15-12)11(16)13-7-4-10-8-17-9-14-10/h8-9,15H,2-7H2,1H3,(H,13,16). The highest BCUT2D eigenvalue weighted by atomic mass is 32.1. The molecule has 0 aliphatic carbocycles. The van der Waals surface area contributed by atoms with Gasteiger partial charge in [-0.25, -0.2) is 4.98 Å². The zero-order chi connectivity index (χ0) is 12.1. The SMILES string of the molecule is CC1(C(=O)NCCc2cscn2)CCCCN1. The van der Waals surface area contributed by atoms with E-state index in [1.807, 2.05) is 17.8 Å². The highest BCUT2D eigenvalue weighted by molar-refractivity contribution is 7.07. The quantitative estimate of drug-likeness (QED) is 0.851. The van der Waals surface area contributed by atoms with Gasteiger partial charge in [-0.05, 0) is 32.7 Å². The molecule has 1 saturated heterocycles. The Labute approximate surface area is 106 Å². The largest absolute Gasteiger partial charge is 0.354 e. The molecule has 0 radical (unpaired) electrons. The minimum atomic E-state index is -0.375. The Morgan fingerprint density at radius 2 is 2.53 bits per heavy atom. The number of amides is 1. The van der Waals surface area contributed by atoms with Crippen molar-refractivity contribution in [2.24, 2.45) is 0 Å². The first-order valence-corrected chi connectivity index (χ1v) is 7.05. The Morgan fingerprint density at radius 1 is 1.65 bits per heavy atom. The molecule has 1 amide bonds. The summed E-state index contributed by atoms with van der Waals surface area (Å²) in [5, 5.41) is 8.33. The number of hydrogen-bond donors (Lipinski definition) is 2. The zero-order valence-electron chi connectivity index (χ0n) is 10.2. The van der Waals surface area contributed by atoms with E-state index in [9.17, 15) is 4.79 Å². The van der Waals surface area contributed by atoms with Crippen LogP contribution in [0.5, 0.6) is 0 Å². The number of carbonyl (C=O) groups excluding carboxylic acids is 1. The first-order chi connectivity index (χ1) is 8.21. The number of piperidine rings is 1. The van der Waals surface area contributed by atoms with Gasteiger partial charge < -0.3 is 10.6 Å². The number of carbonyl (C=O) groups is 1. The number of hydrogen-bond acceptors (Lipinski definition) is 4. The van der Waals surface area contributed by atoms with Crippen molar-refractivity contribution in [3.8, 4) is 0 Å². The molecule has 17 heavy (non-hydrogen) atoms. The molecule has 2 N–H and O–H groups in total. The summed E-state index contributed by atoms with van der Waals surface area (Å²) in [5.41, 5.74) is 2.50. The Hall–Kier alpha value is -0.940. The second-order valence-corrected chi connectivity index (χ2v) is 5.42. The summed E-state index contributed by atoms with van der Waals surface area (Å²) in [7, 11) is 0. The van der Waals surface area contributed by atoms with Gasteiger partial charge in [0.1, 0.15) is 0 Å². The summed E-state index contributed by atoms with van der Waals surface area (Å²) in [4.78, 5) is 16.3. The molecule has 5 heteroatoms. The van der Waals surface area contributed by atoms with Crippen LogP contribution in [0.4, 0.5) is 0 Å². The number of thiazole rings is 1. The Kier molecular flexibility index (Phi) is 4.12. The Bertz CT molecular complexity index is 358. The molecule has 1 atom stereocenters. The maximum Gasteiger partial charge on any atom is 0.240 e. The van der Waals surface area contributed by atoms with Gasteiger partial charge in [0.25, 0.3) is 0 Å². The van der Waals surface area contributed by atoms with Crippen molar-refractivity contribution >= 4 is 17.2 Å². The molecule has 0 bridgehead atoms. The lowest BCUT2D eigenvalue weighted by atomic mass is 9.90. The van der Waals surface area contributed by atoms with Crippen molar-refractivity contribution in [2.45, 2.75) is 38.1 Å². The fourth-order valence-electron chi connectivity index (χ4n) is 2.11. The normalized spacial score (nSPS) is 24.5. The maximum absolute atomic E-state index is 12.1. The first kappa shape index (κ1) is 12.5. The molecule has 1 aliphatic heterocycles. The average molecular weight is 253 g/mol. The molecule has 0 aromatic carbocycles. The van der Waals surface area contributed by atoms with Gasteiger partial charge in [0.05, 0.1) is 16.7 Å². The van der Waals surface area contributed by atoms with Gasteiger partial charge in [-0.2, -0.15) is 0 Å². The van der Waals surface area contributed by atoms with Crippen molar-refractivity contribution in [2.75, 3.05) is 13.1 Å². The monoisotopic (exact) mass is 253 g/mol. The van der Waals surface area contributed by atoms with Crippen LogP contribution in [0.1, 0.15) is 31.9 Å². The van der Waals surface area contributed by atoms with E-state index < -0.39 is 0 Å². The second-order valence-electron chi connectivity index (χ2n) is 4.70. The molecule has 1 aromatic heterocycles. The highest BCUT2D eigenvalue weighted by Gasteiger charge is 2.33. The van der Waals surface area contributed by atoms with E-state index in [-0.39, 0.29) is 11.4 Å². The fourth-order valence-corrected chi connectivity index (χ4v) is 2.70. The number of aromatic nitrogens is 1. The van der Waals surface area contributed by atoms with Crippen LogP contribution >= 0.6 is 11.3 Å². The molecular formula is C12H19N3OS. The highest BCUT2D eigenvalue weighted by Crippen LogP contribution is 2.18. The van der Waals surface area contributed by atoms with E-state index in [2.05, 4.69) is 15.6 Å². The van der Waals surface area contributed by atoms with E-state index in [1.54, 1.807) is 11.3 Å². The molecule has 2 heterocycles. The van der Waals surface area contributed by atoms with Crippen molar-refractivity contribution in [1.29, 1.82) is 0 Å². The van der Waals surface area contributed by atoms with Crippen molar-refractivity contribution in [1.82, 2.24) is 15.6 Å². The molecule has 1 aromatic rings. The van der Waals surface area contributed by atoms with E-state index in [4.69, 9.17) is 0 Å². The van der Waals surface area contributed by atoms with Crippen LogP contribution in [-0.4, -0.2) is 29.5 Å². The third-order valence-corrected chi connectivity index (χ3v) is 3.91. The van der Waals surface area contributed by atoms with Gasteiger partial charge in [-0.1, -0.05) is 0 Å². The lowest BCUT2D eigenvalue weighted by molar-refractivity contribution is -0.127. The van der Waals surface area contributed by atoms with E-state index in [0.717, 1.165) is 31.5 Å². The third-order valence-electron chi connectivity index (χ3n) is 3.27. The van der Waals surface area contributed by atoms with E-state index in [0.29, 0.717) is 6.54 Å². The van der Waals surface area contributed by atoms with Gasteiger partial charge in [0, 0.05) is 18.3 Å². The number of nitrogens with zero attached hydrogens (tertiary/aromatic N) is 1. The zero-order valence-corrected chi connectivity index (χ0v) is 11.0. The molecule has 1 unspecified atom stereocenters. The number of rotatable bonds is 4. The molecule has 94 valence electrons. The second kappa shape index (κ2) is 5.60. The van der Waals surface area contributed by atoms with Crippen molar-refractivity contribution in [3.05, 3.63) is 16.6 Å². The van der Waals surface area contributed by atoms with Gasteiger partial charge >= 0.3 is 0 Å². The van der Waals surface area contributed by atoms with Crippen molar-refractivity contribution in [3.63, 3.8) is 0 Å². The fraction of sp³-hybridized carbons (Fsp3) is 0.667. The van der Waals surface area contributed by atoms with Crippen LogP contribution in [-0.2, 0) is 11.2 Å².